The van der Waals surface area contributed by atoms with Gasteiger partial charge in [-0.25, -0.2) is 4.98 Å². The van der Waals surface area contributed by atoms with Crippen LogP contribution < -0.4 is 10.3 Å². The Morgan fingerprint density at radius 1 is 1.11 bits per heavy atom. The van der Waals surface area contributed by atoms with Crippen molar-refractivity contribution in [1.82, 2.24) is 4.98 Å². The lowest BCUT2D eigenvalue weighted by atomic mass is 10.1. The van der Waals surface area contributed by atoms with Crippen LogP contribution in [0.1, 0.15) is 12.8 Å². The molecule has 1 saturated heterocycles. The van der Waals surface area contributed by atoms with Crippen LogP contribution in [0.25, 0.3) is 31.1 Å². The van der Waals surface area contributed by atoms with Crippen LogP contribution in [0.15, 0.2) is 47.3 Å². The number of anilines is 1. The van der Waals surface area contributed by atoms with E-state index in [0.29, 0.717) is 23.3 Å². The number of hydrogen-bond donors (Lipinski definition) is 1. The van der Waals surface area contributed by atoms with E-state index >= 15 is 0 Å². The highest BCUT2D eigenvalue weighted by Gasteiger charge is 2.23. The van der Waals surface area contributed by atoms with E-state index < -0.39 is 0 Å². The van der Waals surface area contributed by atoms with E-state index in [4.69, 9.17) is 16.6 Å². The molecule has 6 heteroatoms. The average Bonchev–Trinajstić information content (AvgIpc) is 2.68. The van der Waals surface area contributed by atoms with Crippen LogP contribution in [0.5, 0.6) is 0 Å². The van der Waals surface area contributed by atoms with E-state index in [1.54, 1.807) is 17.4 Å². The van der Waals surface area contributed by atoms with Gasteiger partial charge in [-0.3, -0.25) is 4.79 Å². The number of para-hydroxylation sites is 1. The molecule has 0 bridgehead atoms. The lowest BCUT2D eigenvalue weighted by Gasteiger charge is -2.31. The predicted octanol–water partition coefficient (Wildman–Crippen LogP) is 4.58. The zero-order valence-corrected chi connectivity index (χ0v) is 16.1. The van der Waals surface area contributed by atoms with Crippen LogP contribution in [-0.4, -0.2) is 29.3 Å². The Labute approximate surface area is 164 Å². The molecule has 1 N–H and O–H groups in total. The van der Waals surface area contributed by atoms with Crippen molar-refractivity contribution in [2.75, 3.05) is 18.0 Å². The highest BCUT2D eigenvalue weighted by atomic mass is 35.5. The average molecular weight is 397 g/mol. The second kappa shape index (κ2) is 6.44. The van der Waals surface area contributed by atoms with Gasteiger partial charge in [0.05, 0.1) is 21.7 Å². The first kappa shape index (κ1) is 16.9. The number of pyridine rings is 1. The number of aliphatic hydroxyl groups is 1. The summed E-state index contributed by atoms with van der Waals surface area (Å²) in [4.78, 5) is 20.5. The molecular weight excluding hydrogens is 380 g/mol. The third-order valence-corrected chi connectivity index (χ3v) is 6.60. The Hall–Kier alpha value is -2.21. The van der Waals surface area contributed by atoms with Gasteiger partial charge in [-0.2, -0.15) is 0 Å². The molecule has 0 aliphatic carbocycles. The smallest absolute Gasteiger partial charge is 0.196 e. The van der Waals surface area contributed by atoms with Crippen molar-refractivity contribution in [1.29, 1.82) is 0 Å². The third-order valence-electron chi connectivity index (χ3n) is 5.22. The number of nitrogens with zero attached hydrogens (tertiary/aromatic N) is 2. The molecule has 0 unspecified atom stereocenters. The molecule has 1 fully saturated rings. The molecule has 0 radical (unpaired) electrons. The van der Waals surface area contributed by atoms with E-state index in [1.165, 1.54) is 0 Å². The maximum absolute atomic E-state index is 13.4. The van der Waals surface area contributed by atoms with E-state index in [0.717, 1.165) is 44.6 Å². The molecule has 0 saturated carbocycles. The molecule has 1 aliphatic rings. The van der Waals surface area contributed by atoms with E-state index in [9.17, 15) is 9.90 Å². The number of rotatable bonds is 1. The molecule has 0 atom stereocenters. The van der Waals surface area contributed by atoms with Crippen LogP contribution in [-0.2, 0) is 0 Å². The second-order valence-corrected chi connectivity index (χ2v) is 8.44. The molecule has 4 aromatic rings. The number of aliphatic hydroxyl groups excluding tert-OH is 1. The number of halogens is 1. The minimum absolute atomic E-state index is 0.0207. The van der Waals surface area contributed by atoms with E-state index in [2.05, 4.69) is 4.90 Å². The van der Waals surface area contributed by atoms with Gasteiger partial charge in [-0.05, 0) is 37.1 Å². The Kier molecular flexibility index (Phi) is 4.04. The topological polar surface area (TPSA) is 53.4 Å². The maximum atomic E-state index is 13.4. The Morgan fingerprint density at radius 2 is 1.89 bits per heavy atom. The fourth-order valence-corrected chi connectivity index (χ4v) is 5.29. The highest BCUT2D eigenvalue weighted by Crippen LogP contribution is 2.37. The Bertz CT molecular complexity index is 1250. The fourth-order valence-electron chi connectivity index (χ4n) is 3.81. The molecule has 0 amide bonds. The molecular formula is C21H17ClN2O2S. The van der Waals surface area contributed by atoms with Crippen molar-refractivity contribution >= 4 is 59.8 Å². The molecule has 4 nitrogen and oxygen atoms in total. The molecule has 2 aromatic heterocycles. The van der Waals surface area contributed by atoms with Crippen molar-refractivity contribution in [2.45, 2.75) is 18.9 Å². The molecule has 1 aliphatic heterocycles. The lowest BCUT2D eigenvalue weighted by Crippen LogP contribution is -2.36. The van der Waals surface area contributed by atoms with Gasteiger partial charge in [0, 0.05) is 33.6 Å². The fraction of sp³-hybridized carbons (Fsp3) is 0.238. The molecule has 2 aromatic carbocycles. The minimum atomic E-state index is -0.258. The van der Waals surface area contributed by atoms with Gasteiger partial charge >= 0.3 is 0 Å². The van der Waals surface area contributed by atoms with Crippen molar-refractivity contribution in [3.05, 3.63) is 57.7 Å². The quantitative estimate of drug-likeness (QED) is 0.378. The monoisotopic (exact) mass is 396 g/mol. The van der Waals surface area contributed by atoms with Crippen LogP contribution in [0, 0.1) is 0 Å². The van der Waals surface area contributed by atoms with Crippen molar-refractivity contribution in [3.8, 4) is 0 Å². The summed E-state index contributed by atoms with van der Waals surface area (Å²) in [5.41, 5.74) is 0.844. The number of piperidine rings is 1. The molecule has 0 spiro atoms. The van der Waals surface area contributed by atoms with Gasteiger partial charge in [-0.1, -0.05) is 29.8 Å². The zero-order valence-electron chi connectivity index (χ0n) is 14.5. The van der Waals surface area contributed by atoms with Gasteiger partial charge in [0.15, 0.2) is 5.43 Å². The normalized spacial score (nSPS) is 15.9. The summed E-state index contributed by atoms with van der Waals surface area (Å²) in [6, 6.07) is 13.2. The largest absolute Gasteiger partial charge is 0.393 e. The Balaban J connectivity index is 1.90. The summed E-state index contributed by atoms with van der Waals surface area (Å²) in [6.07, 6.45) is 1.17. The summed E-state index contributed by atoms with van der Waals surface area (Å²) in [5.74, 6) is 0.833. The Morgan fingerprint density at radius 3 is 2.70 bits per heavy atom. The minimum Gasteiger partial charge on any atom is -0.393 e. The first-order chi connectivity index (χ1) is 13.1. The van der Waals surface area contributed by atoms with Crippen LogP contribution in [0.3, 0.4) is 0 Å². The lowest BCUT2D eigenvalue weighted by molar-refractivity contribution is 0.145. The summed E-state index contributed by atoms with van der Waals surface area (Å²) < 4.78 is 1.76. The predicted molar refractivity (Wildman–Crippen MR) is 113 cm³/mol. The maximum Gasteiger partial charge on any atom is 0.196 e. The standard InChI is InChI=1S/C21H17ClN2O2S/c22-12-5-6-15-17(11-12)27-20-18(19(15)26)14-3-1-2-4-16(14)23-21(20)24-9-7-13(25)8-10-24/h1-6,11,13,25H,7-10H2. The number of hydrogen-bond acceptors (Lipinski definition) is 5. The summed E-state index contributed by atoms with van der Waals surface area (Å²) in [6.45, 7) is 1.46. The zero-order chi connectivity index (χ0) is 18.5. The molecule has 136 valence electrons. The number of aromatic nitrogens is 1. The van der Waals surface area contributed by atoms with Gasteiger partial charge < -0.3 is 10.0 Å². The van der Waals surface area contributed by atoms with Crippen molar-refractivity contribution < 1.29 is 5.11 Å². The van der Waals surface area contributed by atoms with Crippen molar-refractivity contribution in [2.24, 2.45) is 0 Å². The number of benzene rings is 2. The second-order valence-electron chi connectivity index (χ2n) is 6.95. The molecule has 3 heterocycles. The van der Waals surface area contributed by atoms with Crippen LogP contribution >= 0.6 is 22.9 Å². The summed E-state index contributed by atoms with van der Waals surface area (Å²) >= 11 is 7.74. The summed E-state index contributed by atoms with van der Waals surface area (Å²) in [5, 5.41) is 12.8. The molecule has 5 rings (SSSR count). The first-order valence-corrected chi connectivity index (χ1v) is 10.2. The molecule has 27 heavy (non-hydrogen) atoms. The van der Waals surface area contributed by atoms with Crippen LogP contribution in [0.2, 0.25) is 5.02 Å². The highest BCUT2D eigenvalue weighted by molar-refractivity contribution is 7.25. The van der Waals surface area contributed by atoms with E-state index in [1.807, 2.05) is 36.4 Å². The first-order valence-electron chi connectivity index (χ1n) is 8.99. The van der Waals surface area contributed by atoms with Gasteiger partial charge in [0.2, 0.25) is 0 Å². The van der Waals surface area contributed by atoms with Gasteiger partial charge in [0.1, 0.15) is 5.82 Å². The van der Waals surface area contributed by atoms with E-state index in [-0.39, 0.29) is 11.5 Å². The number of fused-ring (bicyclic) bond motifs is 4. The third kappa shape index (κ3) is 2.78. The SMILES string of the molecule is O=c1c2ccc(Cl)cc2sc2c(N3CCC(O)CC3)nc3ccccc3c12. The van der Waals surface area contributed by atoms with Crippen molar-refractivity contribution in [3.63, 3.8) is 0 Å². The van der Waals surface area contributed by atoms with Gasteiger partial charge in [-0.15, -0.1) is 11.3 Å². The van der Waals surface area contributed by atoms with Crippen LogP contribution in [0.4, 0.5) is 5.82 Å². The van der Waals surface area contributed by atoms with Gasteiger partial charge in [0.25, 0.3) is 0 Å². The summed E-state index contributed by atoms with van der Waals surface area (Å²) in [7, 11) is 0.